The van der Waals surface area contributed by atoms with Crippen molar-refractivity contribution < 1.29 is 4.42 Å². The Morgan fingerprint density at radius 1 is 1.67 bits per heavy atom. The first-order chi connectivity index (χ1) is 4.34. The average Bonchev–Trinajstić information content (AvgIpc) is 2.37. The summed E-state index contributed by atoms with van der Waals surface area (Å²) in [6.45, 7) is 0.458. The molecule has 1 atom stereocenters. The van der Waals surface area contributed by atoms with Gasteiger partial charge in [0.05, 0.1) is 12.5 Å². The predicted molar refractivity (Wildman–Crippen MR) is 34.7 cm³/mol. The molecule has 0 fully saturated rings. The summed E-state index contributed by atoms with van der Waals surface area (Å²) in [5, 5.41) is 0. The monoisotopic (exact) mass is 126 g/mol. The van der Waals surface area contributed by atoms with Gasteiger partial charge in [-0.1, -0.05) is 0 Å². The van der Waals surface area contributed by atoms with Crippen molar-refractivity contribution in [2.24, 2.45) is 11.5 Å². The quantitative estimate of drug-likeness (QED) is 0.596. The Labute approximate surface area is 53.6 Å². The molecule has 1 aromatic rings. The van der Waals surface area contributed by atoms with Crippen LogP contribution in [0.5, 0.6) is 0 Å². The lowest BCUT2D eigenvalue weighted by molar-refractivity contribution is 0.559. The fraction of sp³-hybridized carbons (Fsp3) is 0.333. The number of hydrogen-bond donors (Lipinski definition) is 2. The van der Waals surface area contributed by atoms with Crippen molar-refractivity contribution in [1.29, 1.82) is 0 Å². The second kappa shape index (κ2) is 2.66. The summed E-state index contributed by atoms with van der Waals surface area (Å²) in [6, 6.07) is 1.74. The zero-order valence-corrected chi connectivity index (χ0v) is 5.08. The van der Waals surface area contributed by atoms with E-state index in [1.54, 1.807) is 12.5 Å². The molecule has 0 saturated carbocycles. The van der Waals surface area contributed by atoms with Crippen molar-refractivity contribution in [2.75, 3.05) is 6.54 Å². The summed E-state index contributed by atoms with van der Waals surface area (Å²) < 4.78 is 4.80. The Bertz CT molecular complexity index is 160. The summed E-state index contributed by atoms with van der Waals surface area (Å²) in [7, 11) is 0. The first kappa shape index (κ1) is 6.32. The highest BCUT2D eigenvalue weighted by Gasteiger charge is 2.02. The van der Waals surface area contributed by atoms with Crippen LogP contribution in [0.1, 0.15) is 11.6 Å². The highest BCUT2D eigenvalue weighted by molar-refractivity contribution is 5.10. The molecule has 9 heavy (non-hydrogen) atoms. The molecule has 0 aliphatic heterocycles. The number of hydrogen-bond acceptors (Lipinski definition) is 3. The zero-order chi connectivity index (χ0) is 6.69. The van der Waals surface area contributed by atoms with E-state index in [0.717, 1.165) is 5.56 Å². The van der Waals surface area contributed by atoms with Gasteiger partial charge in [0.1, 0.15) is 0 Å². The second-order valence-electron chi connectivity index (χ2n) is 1.90. The Balaban J connectivity index is 2.65. The van der Waals surface area contributed by atoms with Gasteiger partial charge in [-0.05, 0) is 6.07 Å². The molecule has 0 bridgehead atoms. The van der Waals surface area contributed by atoms with E-state index in [0.29, 0.717) is 6.54 Å². The molecule has 4 N–H and O–H groups in total. The summed E-state index contributed by atoms with van der Waals surface area (Å²) in [6.07, 6.45) is 3.20. The Hall–Kier alpha value is -0.800. The molecule has 1 rings (SSSR count). The van der Waals surface area contributed by atoms with E-state index >= 15 is 0 Å². The van der Waals surface area contributed by atoms with Gasteiger partial charge in [-0.25, -0.2) is 0 Å². The van der Waals surface area contributed by atoms with Crippen LogP contribution in [-0.4, -0.2) is 6.54 Å². The third-order valence-electron chi connectivity index (χ3n) is 1.23. The van der Waals surface area contributed by atoms with Crippen LogP contribution in [0, 0.1) is 0 Å². The molecule has 0 aromatic carbocycles. The van der Waals surface area contributed by atoms with E-state index in [2.05, 4.69) is 0 Å². The van der Waals surface area contributed by atoms with Gasteiger partial charge in [0.2, 0.25) is 0 Å². The summed E-state index contributed by atoms with van der Waals surface area (Å²) in [5.41, 5.74) is 11.8. The van der Waals surface area contributed by atoms with Crippen LogP contribution in [0.4, 0.5) is 0 Å². The maximum atomic E-state index is 5.55. The summed E-state index contributed by atoms with van der Waals surface area (Å²) in [5.74, 6) is 0. The van der Waals surface area contributed by atoms with Crippen LogP contribution in [0.25, 0.3) is 0 Å². The lowest BCUT2D eigenvalue weighted by Gasteiger charge is -2.02. The van der Waals surface area contributed by atoms with Crippen molar-refractivity contribution in [3.63, 3.8) is 0 Å². The minimum atomic E-state index is -0.0799. The van der Waals surface area contributed by atoms with Crippen LogP contribution in [0.2, 0.25) is 0 Å². The molecule has 0 saturated heterocycles. The van der Waals surface area contributed by atoms with Gasteiger partial charge in [-0.2, -0.15) is 0 Å². The Morgan fingerprint density at radius 2 is 2.44 bits per heavy atom. The van der Waals surface area contributed by atoms with E-state index in [-0.39, 0.29) is 6.04 Å². The molecule has 0 aliphatic rings. The SMILES string of the molecule is NC[C@H](N)c1ccoc1. The maximum absolute atomic E-state index is 5.55. The highest BCUT2D eigenvalue weighted by atomic mass is 16.3. The lowest BCUT2D eigenvalue weighted by Crippen LogP contribution is -2.19. The van der Waals surface area contributed by atoms with E-state index in [1.807, 2.05) is 6.07 Å². The van der Waals surface area contributed by atoms with Gasteiger partial charge in [0, 0.05) is 18.2 Å². The van der Waals surface area contributed by atoms with Crippen LogP contribution in [-0.2, 0) is 0 Å². The predicted octanol–water partition coefficient (Wildman–Crippen LogP) is 0.238. The summed E-state index contributed by atoms with van der Waals surface area (Å²) >= 11 is 0. The van der Waals surface area contributed by atoms with E-state index in [4.69, 9.17) is 15.9 Å². The van der Waals surface area contributed by atoms with Gasteiger partial charge >= 0.3 is 0 Å². The van der Waals surface area contributed by atoms with Gasteiger partial charge in [0.15, 0.2) is 0 Å². The van der Waals surface area contributed by atoms with Crippen molar-refractivity contribution in [3.8, 4) is 0 Å². The smallest absolute Gasteiger partial charge is 0.0950 e. The van der Waals surface area contributed by atoms with Crippen molar-refractivity contribution in [3.05, 3.63) is 24.2 Å². The summed E-state index contributed by atoms with van der Waals surface area (Å²) in [4.78, 5) is 0. The molecule has 0 amide bonds. The van der Waals surface area contributed by atoms with E-state index in [1.165, 1.54) is 0 Å². The van der Waals surface area contributed by atoms with Gasteiger partial charge in [0.25, 0.3) is 0 Å². The minimum Gasteiger partial charge on any atom is -0.472 e. The third-order valence-corrected chi connectivity index (χ3v) is 1.23. The fourth-order valence-corrected chi connectivity index (χ4v) is 0.622. The zero-order valence-electron chi connectivity index (χ0n) is 5.08. The molecule has 3 heteroatoms. The molecule has 0 radical (unpaired) electrons. The van der Waals surface area contributed by atoms with Gasteiger partial charge < -0.3 is 15.9 Å². The van der Waals surface area contributed by atoms with Crippen LogP contribution >= 0.6 is 0 Å². The topological polar surface area (TPSA) is 65.2 Å². The normalized spacial score (nSPS) is 13.6. The molecule has 1 aromatic heterocycles. The van der Waals surface area contributed by atoms with Crippen LogP contribution in [0.15, 0.2) is 23.0 Å². The number of nitrogens with two attached hydrogens (primary N) is 2. The average molecular weight is 126 g/mol. The van der Waals surface area contributed by atoms with Crippen molar-refractivity contribution in [1.82, 2.24) is 0 Å². The molecular formula is C6H10N2O. The van der Waals surface area contributed by atoms with Crippen LogP contribution < -0.4 is 11.5 Å². The van der Waals surface area contributed by atoms with E-state index in [9.17, 15) is 0 Å². The molecule has 3 nitrogen and oxygen atoms in total. The van der Waals surface area contributed by atoms with Gasteiger partial charge in [-0.15, -0.1) is 0 Å². The second-order valence-corrected chi connectivity index (χ2v) is 1.90. The number of furan rings is 1. The minimum absolute atomic E-state index is 0.0799. The molecule has 0 unspecified atom stereocenters. The maximum Gasteiger partial charge on any atom is 0.0950 e. The largest absolute Gasteiger partial charge is 0.472 e. The fourth-order valence-electron chi connectivity index (χ4n) is 0.622. The molecule has 0 aliphatic carbocycles. The third kappa shape index (κ3) is 1.31. The van der Waals surface area contributed by atoms with Crippen molar-refractivity contribution >= 4 is 0 Å². The Morgan fingerprint density at radius 3 is 2.89 bits per heavy atom. The Kier molecular flexibility index (Phi) is 1.87. The molecule has 0 spiro atoms. The lowest BCUT2D eigenvalue weighted by atomic mass is 10.2. The highest BCUT2D eigenvalue weighted by Crippen LogP contribution is 2.07. The van der Waals surface area contributed by atoms with E-state index < -0.39 is 0 Å². The van der Waals surface area contributed by atoms with Crippen molar-refractivity contribution in [2.45, 2.75) is 6.04 Å². The standard InChI is InChI=1S/C6H10N2O/c7-3-6(8)5-1-2-9-4-5/h1-2,4,6H,3,7-8H2/t6-/m0/s1. The number of rotatable bonds is 2. The first-order valence-corrected chi connectivity index (χ1v) is 2.82. The van der Waals surface area contributed by atoms with Gasteiger partial charge in [-0.3, -0.25) is 0 Å². The molecule has 1 heterocycles. The molecular weight excluding hydrogens is 116 g/mol. The first-order valence-electron chi connectivity index (χ1n) is 2.82. The molecule has 50 valence electrons. The van der Waals surface area contributed by atoms with Crippen LogP contribution in [0.3, 0.4) is 0 Å².